The van der Waals surface area contributed by atoms with Gasteiger partial charge in [-0.25, -0.2) is 22.2 Å². The number of benzene rings is 2. The second-order valence-electron chi connectivity index (χ2n) is 8.03. The van der Waals surface area contributed by atoms with Gasteiger partial charge >= 0.3 is 10.2 Å². The third-order valence-electron chi connectivity index (χ3n) is 5.78. The van der Waals surface area contributed by atoms with Crippen molar-refractivity contribution in [3.8, 4) is 5.75 Å². The zero-order chi connectivity index (χ0) is 22.9. The number of hydrogen-bond donors (Lipinski definition) is 4. The quantitative estimate of drug-likeness (QED) is 0.503. The monoisotopic (exact) mass is 479 g/mol. The molecule has 0 amide bonds. The maximum atomic E-state index is 12.8. The average Bonchev–Trinajstić information content (AvgIpc) is 3.02. The standard InChI is InChI=1S/C21H25N3O6S2/c25-20-13-15(10-11-19(20)24-14-21(26)23-32(24,29)30)12-16-6-4-5-9-18(16)22-31(27,28)17-7-2-1-3-8-17/h1-3,7-8,10-11,13-14,16,18,22-23,25-26H,4-6,9,12H2/t16-,18+/m0/s1. The average molecular weight is 480 g/mol. The smallest absolute Gasteiger partial charge is 0.330 e. The minimum atomic E-state index is -4.00. The van der Waals surface area contributed by atoms with Crippen molar-refractivity contribution in [1.82, 2.24) is 9.44 Å². The Balaban J connectivity index is 1.52. The van der Waals surface area contributed by atoms with Gasteiger partial charge in [-0.3, -0.25) is 0 Å². The predicted molar refractivity (Wildman–Crippen MR) is 120 cm³/mol. The normalized spacial score (nSPS) is 22.9. The summed E-state index contributed by atoms with van der Waals surface area (Å²) < 4.78 is 55.2. The van der Waals surface area contributed by atoms with Crippen LogP contribution in [0.2, 0.25) is 0 Å². The fourth-order valence-electron chi connectivity index (χ4n) is 4.25. The van der Waals surface area contributed by atoms with Crippen molar-refractivity contribution in [3.05, 3.63) is 66.2 Å². The molecule has 0 aromatic heterocycles. The molecule has 4 rings (SSSR count). The van der Waals surface area contributed by atoms with E-state index in [1.807, 2.05) is 4.72 Å². The van der Waals surface area contributed by atoms with Crippen LogP contribution in [0.15, 0.2) is 65.5 Å². The van der Waals surface area contributed by atoms with E-state index in [2.05, 4.69) is 4.72 Å². The van der Waals surface area contributed by atoms with Crippen LogP contribution in [-0.2, 0) is 26.7 Å². The van der Waals surface area contributed by atoms with E-state index in [-0.39, 0.29) is 28.3 Å². The summed E-state index contributed by atoms with van der Waals surface area (Å²) >= 11 is 0. The summed E-state index contributed by atoms with van der Waals surface area (Å²) in [6.45, 7) is 0. The molecular formula is C21H25N3O6S2. The zero-order valence-electron chi connectivity index (χ0n) is 17.2. The molecule has 2 aromatic rings. The molecule has 0 spiro atoms. The molecule has 0 bridgehead atoms. The highest BCUT2D eigenvalue weighted by atomic mass is 32.2. The molecule has 2 aliphatic rings. The lowest BCUT2D eigenvalue weighted by atomic mass is 9.81. The number of aliphatic hydroxyl groups is 1. The number of phenolic OH excluding ortho intramolecular Hbond substituents is 1. The summed E-state index contributed by atoms with van der Waals surface area (Å²) in [5, 5.41) is 19.9. The van der Waals surface area contributed by atoms with Crippen LogP contribution in [0.25, 0.3) is 0 Å². The molecule has 11 heteroatoms. The first kappa shape index (κ1) is 22.4. The largest absolute Gasteiger partial charge is 0.506 e. The molecule has 2 atom stereocenters. The number of nitrogens with one attached hydrogen (secondary N) is 2. The van der Waals surface area contributed by atoms with Gasteiger partial charge in [0, 0.05) is 6.04 Å². The maximum absolute atomic E-state index is 12.8. The number of rotatable bonds is 6. The number of aromatic hydroxyl groups is 1. The van der Waals surface area contributed by atoms with Crippen molar-refractivity contribution < 1.29 is 27.0 Å². The molecule has 9 nitrogen and oxygen atoms in total. The van der Waals surface area contributed by atoms with Crippen LogP contribution < -0.4 is 13.7 Å². The molecule has 32 heavy (non-hydrogen) atoms. The minimum Gasteiger partial charge on any atom is -0.506 e. The van der Waals surface area contributed by atoms with Crippen molar-refractivity contribution >= 4 is 25.9 Å². The van der Waals surface area contributed by atoms with E-state index in [0.717, 1.165) is 41.8 Å². The van der Waals surface area contributed by atoms with Crippen molar-refractivity contribution in [2.24, 2.45) is 5.92 Å². The van der Waals surface area contributed by atoms with Crippen LogP contribution in [0.1, 0.15) is 31.2 Å². The van der Waals surface area contributed by atoms with Crippen LogP contribution >= 0.6 is 0 Å². The Bertz CT molecular complexity index is 1230. The molecule has 1 fully saturated rings. The van der Waals surface area contributed by atoms with E-state index in [4.69, 9.17) is 0 Å². The number of phenols is 1. The Kier molecular flexibility index (Phi) is 6.06. The van der Waals surface area contributed by atoms with Crippen LogP contribution in [0, 0.1) is 5.92 Å². The van der Waals surface area contributed by atoms with E-state index in [9.17, 15) is 27.0 Å². The van der Waals surface area contributed by atoms with Gasteiger partial charge in [-0.15, -0.1) is 0 Å². The Morgan fingerprint density at radius 3 is 2.44 bits per heavy atom. The van der Waals surface area contributed by atoms with Crippen LogP contribution in [0.3, 0.4) is 0 Å². The first-order valence-corrected chi connectivity index (χ1v) is 13.2. The van der Waals surface area contributed by atoms with Gasteiger partial charge in [0.1, 0.15) is 11.4 Å². The second kappa shape index (κ2) is 8.64. The van der Waals surface area contributed by atoms with Crippen LogP contribution in [-0.4, -0.2) is 33.1 Å². The fourth-order valence-corrected chi connectivity index (χ4v) is 6.67. The lowest BCUT2D eigenvalue weighted by molar-refractivity contribution is 0.287. The van der Waals surface area contributed by atoms with E-state index < -0.39 is 26.1 Å². The number of aliphatic hydroxyl groups excluding tert-OH is 1. The molecule has 172 valence electrons. The molecule has 1 heterocycles. The van der Waals surface area contributed by atoms with Gasteiger partial charge in [-0.2, -0.15) is 8.42 Å². The fraction of sp³-hybridized carbons (Fsp3) is 0.333. The highest BCUT2D eigenvalue weighted by Gasteiger charge is 2.32. The zero-order valence-corrected chi connectivity index (χ0v) is 18.8. The summed E-state index contributed by atoms with van der Waals surface area (Å²) in [7, 11) is -7.64. The summed E-state index contributed by atoms with van der Waals surface area (Å²) in [5.41, 5.74) is 0.773. The van der Waals surface area contributed by atoms with Gasteiger partial charge < -0.3 is 10.2 Å². The molecule has 0 unspecified atom stereocenters. The molecule has 2 aromatic carbocycles. The molecule has 1 aliphatic heterocycles. The minimum absolute atomic E-state index is 0.00951. The summed E-state index contributed by atoms with van der Waals surface area (Å²) in [4.78, 5) is 0.225. The van der Waals surface area contributed by atoms with Gasteiger partial charge in [0.05, 0.1) is 11.1 Å². The molecule has 1 aliphatic carbocycles. The summed E-state index contributed by atoms with van der Waals surface area (Å²) in [5.74, 6) is -0.756. The Labute approximate surface area is 187 Å². The lowest BCUT2D eigenvalue weighted by Crippen LogP contribution is -2.42. The molecule has 0 saturated heterocycles. The van der Waals surface area contributed by atoms with Crippen molar-refractivity contribution in [2.45, 2.75) is 43.0 Å². The van der Waals surface area contributed by atoms with Crippen molar-refractivity contribution in [2.75, 3.05) is 4.31 Å². The van der Waals surface area contributed by atoms with Gasteiger partial charge in [-0.05, 0) is 55.0 Å². The summed E-state index contributed by atoms with van der Waals surface area (Å²) in [6, 6.07) is 12.7. The number of anilines is 1. The topological polar surface area (TPSA) is 136 Å². The number of hydrogen-bond acceptors (Lipinski definition) is 6. The van der Waals surface area contributed by atoms with Crippen molar-refractivity contribution in [1.29, 1.82) is 0 Å². The van der Waals surface area contributed by atoms with Gasteiger partial charge in [0.25, 0.3) is 0 Å². The highest BCUT2D eigenvalue weighted by Crippen LogP contribution is 2.35. The lowest BCUT2D eigenvalue weighted by Gasteiger charge is -2.32. The Morgan fingerprint density at radius 2 is 1.78 bits per heavy atom. The Hall–Kier alpha value is -2.76. The van der Waals surface area contributed by atoms with Gasteiger partial charge in [0.15, 0.2) is 0 Å². The van der Waals surface area contributed by atoms with E-state index in [0.29, 0.717) is 6.42 Å². The van der Waals surface area contributed by atoms with Crippen LogP contribution in [0.4, 0.5) is 5.69 Å². The number of sulfonamides is 1. The first-order chi connectivity index (χ1) is 15.2. The maximum Gasteiger partial charge on any atom is 0.330 e. The second-order valence-corrected chi connectivity index (χ2v) is 11.3. The van der Waals surface area contributed by atoms with Crippen molar-refractivity contribution in [3.63, 3.8) is 0 Å². The predicted octanol–water partition coefficient (Wildman–Crippen LogP) is 2.48. The first-order valence-electron chi connectivity index (χ1n) is 10.3. The molecule has 4 N–H and O–H groups in total. The van der Waals surface area contributed by atoms with Crippen LogP contribution in [0.5, 0.6) is 5.75 Å². The summed E-state index contributed by atoms with van der Waals surface area (Å²) in [6.07, 6.45) is 4.98. The molecule has 0 radical (unpaired) electrons. The van der Waals surface area contributed by atoms with E-state index in [1.54, 1.807) is 36.4 Å². The Morgan fingerprint density at radius 1 is 1.06 bits per heavy atom. The van der Waals surface area contributed by atoms with Gasteiger partial charge in [-0.1, -0.05) is 37.1 Å². The molecule has 1 saturated carbocycles. The van der Waals surface area contributed by atoms with E-state index in [1.165, 1.54) is 12.1 Å². The van der Waals surface area contributed by atoms with Gasteiger partial charge in [0.2, 0.25) is 15.9 Å². The molecular weight excluding hydrogens is 454 g/mol. The number of nitrogens with zero attached hydrogens (tertiary/aromatic N) is 1. The third-order valence-corrected chi connectivity index (χ3v) is 8.57. The third kappa shape index (κ3) is 4.69. The SMILES string of the molecule is O=S(=O)(N[C@@H]1CCCC[C@H]1Cc1ccc(N2C=C(O)NS2(=O)=O)c(O)c1)c1ccccc1. The highest BCUT2D eigenvalue weighted by molar-refractivity contribution is 7.91. The van der Waals surface area contributed by atoms with E-state index >= 15 is 0 Å².